The minimum atomic E-state index is -0.633. The van der Waals surface area contributed by atoms with Crippen LogP contribution in [0.15, 0.2) is 0 Å². The number of fused-ring (bicyclic) bond motifs is 2. The van der Waals surface area contributed by atoms with E-state index >= 15 is 0 Å². The molecule has 1 radical (unpaired) electrons. The van der Waals surface area contributed by atoms with Crippen molar-refractivity contribution < 1.29 is 19.6 Å². The molecule has 2 aliphatic rings. The molecule has 8 heteroatoms. The molecule has 0 unspecified atom stereocenters. The number of urea groups is 1. The molecule has 2 fully saturated rings. The van der Waals surface area contributed by atoms with Gasteiger partial charge in [-0.15, -0.1) is 0 Å². The Hall–Kier alpha value is -1.38. The van der Waals surface area contributed by atoms with Crippen molar-refractivity contribution in [3.63, 3.8) is 0 Å². The number of carbonyl (C=O) groups excluding carboxylic acids is 2. The Balaban J connectivity index is 1.93. The molecular weight excluding hydrogens is 228 g/mol. The molecule has 8 nitrogen and oxygen atoms in total. The van der Waals surface area contributed by atoms with E-state index in [-0.39, 0.29) is 12.6 Å². The number of piperidine rings is 1. The van der Waals surface area contributed by atoms with Crippen molar-refractivity contribution >= 4 is 11.9 Å². The van der Waals surface area contributed by atoms with Crippen LogP contribution in [-0.4, -0.2) is 53.7 Å². The van der Waals surface area contributed by atoms with Crippen LogP contribution < -0.4 is 11.2 Å². The van der Waals surface area contributed by atoms with Crippen LogP contribution in [0.2, 0.25) is 0 Å². The number of hydrogen-bond donors (Lipinski definition) is 2. The number of amides is 3. The number of nitrogens with zero attached hydrogens (tertiary/aromatic N) is 2. The zero-order chi connectivity index (χ0) is 12.4. The molecule has 3 N–H and O–H groups in total. The van der Waals surface area contributed by atoms with Crippen LogP contribution in [-0.2, 0) is 14.8 Å². The molecule has 0 spiro atoms. The van der Waals surface area contributed by atoms with Crippen molar-refractivity contribution in [3.05, 3.63) is 0 Å². The first-order valence-corrected chi connectivity index (χ1v) is 5.54. The normalized spacial score (nSPS) is 27.5. The predicted molar refractivity (Wildman–Crippen MR) is 54.6 cm³/mol. The zero-order valence-corrected chi connectivity index (χ0v) is 9.30. The Labute approximate surface area is 98.2 Å². The van der Waals surface area contributed by atoms with Crippen molar-refractivity contribution in [2.24, 2.45) is 5.73 Å². The number of hydrogen-bond acceptors (Lipinski definition) is 4. The largest absolute Gasteiger partial charge is 0.347 e. The van der Waals surface area contributed by atoms with Gasteiger partial charge in [0.25, 0.3) is 5.91 Å². The Bertz CT molecular complexity index is 324. The van der Waals surface area contributed by atoms with Crippen LogP contribution in [0.25, 0.3) is 0 Å². The first-order valence-electron chi connectivity index (χ1n) is 5.54. The fourth-order valence-electron chi connectivity index (χ4n) is 2.16. The highest BCUT2D eigenvalue weighted by Gasteiger charge is 2.47. The SMILES string of the molecule is NCCONC(=O)[C@@H]1CC[C@@H]2CN1C(=O)N2[O]. The van der Waals surface area contributed by atoms with Gasteiger partial charge in [0, 0.05) is 13.1 Å². The minimum absolute atomic E-state index is 0.211. The molecule has 0 aromatic carbocycles. The van der Waals surface area contributed by atoms with Crippen molar-refractivity contribution in [3.8, 4) is 0 Å². The number of rotatable bonds is 4. The van der Waals surface area contributed by atoms with Crippen molar-refractivity contribution in [1.82, 2.24) is 15.4 Å². The van der Waals surface area contributed by atoms with Crippen LogP contribution in [0, 0.1) is 0 Å². The van der Waals surface area contributed by atoms with Gasteiger partial charge in [-0.1, -0.05) is 5.21 Å². The predicted octanol–water partition coefficient (Wildman–Crippen LogP) is -1.39. The van der Waals surface area contributed by atoms with Crippen LogP contribution in [0.1, 0.15) is 12.8 Å². The monoisotopic (exact) mass is 243 g/mol. The molecular formula is C9H15N4O4. The van der Waals surface area contributed by atoms with E-state index in [0.29, 0.717) is 31.0 Å². The average molecular weight is 243 g/mol. The first-order chi connectivity index (χ1) is 8.15. The average Bonchev–Trinajstić information content (AvgIpc) is 2.55. The van der Waals surface area contributed by atoms with E-state index in [1.54, 1.807) is 0 Å². The molecule has 3 amide bonds. The summed E-state index contributed by atoms with van der Waals surface area (Å²) in [6.45, 7) is 0.823. The second-order valence-corrected chi connectivity index (χ2v) is 4.11. The van der Waals surface area contributed by atoms with Gasteiger partial charge in [-0.2, -0.15) is 5.06 Å². The van der Waals surface area contributed by atoms with Crippen molar-refractivity contribution in [1.29, 1.82) is 0 Å². The third-order valence-corrected chi connectivity index (χ3v) is 3.02. The van der Waals surface area contributed by atoms with E-state index in [1.807, 2.05) is 0 Å². The smallest absolute Gasteiger partial charge is 0.328 e. The summed E-state index contributed by atoms with van der Waals surface area (Å²) < 4.78 is 0. The maximum atomic E-state index is 11.7. The standard InChI is InChI=1S/C9H15N4O4/c10-3-4-17-11-8(14)7-2-1-6-5-12(7)9(15)13(6)16/h6-7H,1-5,10H2,(H,11,14)/t6-,7+/m1/s1. The van der Waals surface area contributed by atoms with E-state index in [0.717, 1.165) is 0 Å². The number of nitrogens with two attached hydrogens (primary N) is 1. The van der Waals surface area contributed by atoms with Gasteiger partial charge in [-0.05, 0) is 12.8 Å². The maximum Gasteiger partial charge on any atom is 0.347 e. The molecule has 17 heavy (non-hydrogen) atoms. The Morgan fingerprint density at radius 3 is 3.00 bits per heavy atom. The summed E-state index contributed by atoms with van der Waals surface area (Å²) in [4.78, 5) is 29.4. The molecule has 95 valence electrons. The first kappa shape index (κ1) is 12.1. The van der Waals surface area contributed by atoms with Gasteiger partial charge < -0.3 is 10.6 Å². The van der Waals surface area contributed by atoms with Crippen LogP contribution in [0.5, 0.6) is 0 Å². The summed E-state index contributed by atoms with van der Waals surface area (Å²) in [5.74, 6) is -0.402. The topological polar surface area (TPSA) is 108 Å². The highest BCUT2D eigenvalue weighted by Crippen LogP contribution is 2.28. The zero-order valence-electron chi connectivity index (χ0n) is 9.30. The third kappa shape index (κ3) is 2.19. The van der Waals surface area contributed by atoms with Gasteiger partial charge in [0.2, 0.25) is 0 Å². The molecule has 0 saturated carbocycles. The molecule has 0 aliphatic carbocycles. The lowest BCUT2D eigenvalue weighted by Crippen LogP contribution is -2.49. The van der Waals surface area contributed by atoms with Crippen LogP contribution in [0.3, 0.4) is 0 Å². The van der Waals surface area contributed by atoms with Gasteiger partial charge in [-0.25, -0.2) is 10.3 Å². The fraction of sp³-hybridized carbons (Fsp3) is 0.778. The van der Waals surface area contributed by atoms with Gasteiger partial charge in [-0.3, -0.25) is 9.63 Å². The molecule has 2 heterocycles. The summed E-state index contributed by atoms with van der Waals surface area (Å²) >= 11 is 0. The molecule has 2 rings (SSSR count). The minimum Gasteiger partial charge on any atom is -0.328 e. The van der Waals surface area contributed by atoms with Gasteiger partial charge >= 0.3 is 6.03 Å². The lowest BCUT2D eigenvalue weighted by atomic mass is 10.0. The van der Waals surface area contributed by atoms with Gasteiger partial charge in [0.1, 0.15) is 6.04 Å². The van der Waals surface area contributed by atoms with Crippen molar-refractivity contribution in [2.45, 2.75) is 24.9 Å². The summed E-state index contributed by atoms with van der Waals surface area (Å²) in [7, 11) is 0. The summed E-state index contributed by atoms with van der Waals surface area (Å²) in [6.07, 6.45) is 1.02. The molecule has 0 aromatic rings. The quantitative estimate of drug-likeness (QED) is 0.468. The van der Waals surface area contributed by atoms with E-state index < -0.39 is 18.0 Å². The second-order valence-electron chi connectivity index (χ2n) is 4.11. The molecule has 2 atom stereocenters. The van der Waals surface area contributed by atoms with Crippen LogP contribution in [0.4, 0.5) is 4.79 Å². The van der Waals surface area contributed by atoms with Crippen LogP contribution >= 0.6 is 0 Å². The highest BCUT2D eigenvalue weighted by atomic mass is 16.7. The Morgan fingerprint density at radius 2 is 2.29 bits per heavy atom. The van der Waals surface area contributed by atoms with Crippen molar-refractivity contribution in [2.75, 3.05) is 19.7 Å². The highest BCUT2D eigenvalue weighted by molar-refractivity contribution is 5.87. The lowest BCUT2D eigenvalue weighted by Gasteiger charge is -2.28. The summed E-state index contributed by atoms with van der Waals surface area (Å²) in [6, 6.07) is -1.56. The lowest BCUT2D eigenvalue weighted by molar-refractivity contribution is -0.138. The van der Waals surface area contributed by atoms with E-state index in [2.05, 4.69) is 5.48 Å². The van der Waals surface area contributed by atoms with Gasteiger partial charge in [0.05, 0.1) is 12.6 Å². The number of carbonyl (C=O) groups is 2. The van der Waals surface area contributed by atoms with E-state index in [1.165, 1.54) is 4.90 Å². The molecule has 2 bridgehead atoms. The molecule has 0 aromatic heterocycles. The fourth-order valence-corrected chi connectivity index (χ4v) is 2.16. The molecule has 2 saturated heterocycles. The number of hydroxylamine groups is 3. The summed E-state index contributed by atoms with van der Waals surface area (Å²) in [5.41, 5.74) is 7.44. The molecule has 2 aliphatic heterocycles. The second kappa shape index (κ2) is 4.86. The maximum absolute atomic E-state index is 11.7. The summed E-state index contributed by atoms with van der Waals surface area (Å²) in [5, 5.41) is 11.8. The number of nitrogens with one attached hydrogen (secondary N) is 1. The van der Waals surface area contributed by atoms with Gasteiger partial charge in [0.15, 0.2) is 0 Å². The Morgan fingerprint density at radius 1 is 1.53 bits per heavy atom. The van der Waals surface area contributed by atoms with E-state index in [4.69, 9.17) is 10.6 Å². The third-order valence-electron chi connectivity index (χ3n) is 3.02. The van der Waals surface area contributed by atoms with E-state index in [9.17, 15) is 14.8 Å². The Kier molecular flexibility index (Phi) is 3.46.